The normalized spacial score (nSPS) is 10.2. The first-order valence-electron chi connectivity index (χ1n) is 6.15. The Kier molecular flexibility index (Phi) is 4.59. The first kappa shape index (κ1) is 15.1. The molecule has 0 amide bonds. The topological polar surface area (TPSA) is 84.3 Å². The van der Waals surface area contributed by atoms with Gasteiger partial charge in [-0.05, 0) is 19.1 Å². The maximum Gasteiger partial charge on any atom is 0.339 e. The molecule has 21 heavy (non-hydrogen) atoms. The van der Waals surface area contributed by atoms with Gasteiger partial charge >= 0.3 is 5.97 Å². The van der Waals surface area contributed by atoms with E-state index < -0.39 is 5.97 Å². The van der Waals surface area contributed by atoms with Crippen molar-refractivity contribution in [1.82, 2.24) is 9.97 Å². The molecule has 1 heterocycles. The molecule has 0 unspecified atom stereocenters. The second-order valence-corrected chi connectivity index (χ2v) is 4.68. The minimum Gasteiger partial charge on any atom is -0.496 e. The van der Waals surface area contributed by atoms with Crippen molar-refractivity contribution in [2.24, 2.45) is 0 Å². The fraction of sp³-hybridized carbons (Fsp3) is 0.214. The highest BCUT2D eigenvalue weighted by Gasteiger charge is 2.11. The van der Waals surface area contributed by atoms with E-state index in [4.69, 9.17) is 21.4 Å². The summed E-state index contributed by atoms with van der Waals surface area (Å²) in [6.07, 6.45) is 1.27. The molecule has 1 aromatic heterocycles. The molecule has 0 fully saturated rings. The van der Waals surface area contributed by atoms with Crippen molar-refractivity contribution >= 4 is 23.5 Å². The van der Waals surface area contributed by atoms with E-state index in [1.54, 1.807) is 26.2 Å². The summed E-state index contributed by atoms with van der Waals surface area (Å²) in [5.74, 6) is -0.0554. The quantitative estimate of drug-likeness (QED) is 0.883. The van der Waals surface area contributed by atoms with Crippen LogP contribution in [0.3, 0.4) is 0 Å². The Labute approximate surface area is 126 Å². The van der Waals surface area contributed by atoms with Gasteiger partial charge in [-0.2, -0.15) is 0 Å². The molecule has 2 aromatic rings. The minimum atomic E-state index is -1.05. The smallest absolute Gasteiger partial charge is 0.339 e. The highest BCUT2D eigenvalue weighted by atomic mass is 35.5. The average Bonchev–Trinajstić information content (AvgIpc) is 2.45. The van der Waals surface area contributed by atoms with Gasteiger partial charge in [-0.1, -0.05) is 17.7 Å². The lowest BCUT2D eigenvalue weighted by atomic mass is 10.2. The fourth-order valence-corrected chi connectivity index (χ4v) is 2.06. The third-order valence-electron chi connectivity index (χ3n) is 2.93. The zero-order chi connectivity index (χ0) is 15.4. The van der Waals surface area contributed by atoms with Crippen LogP contribution in [-0.4, -0.2) is 28.2 Å². The molecule has 0 atom stereocenters. The first-order chi connectivity index (χ1) is 10.0. The van der Waals surface area contributed by atoms with E-state index in [-0.39, 0.29) is 5.56 Å². The van der Waals surface area contributed by atoms with Crippen molar-refractivity contribution in [3.8, 4) is 5.75 Å². The summed E-state index contributed by atoms with van der Waals surface area (Å²) < 4.78 is 5.25. The minimum absolute atomic E-state index is 0.0795. The lowest BCUT2D eigenvalue weighted by molar-refractivity contribution is 0.0695. The Hall–Kier alpha value is -2.34. The molecule has 0 aliphatic carbocycles. The summed E-state index contributed by atoms with van der Waals surface area (Å²) in [6, 6.07) is 5.37. The number of anilines is 1. The number of methoxy groups -OCH3 is 1. The van der Waals surface area contributed by atoms with E-state index in [1.165, 1.54) is 6.20 Å². The number of carboxylic acid groups (broad SMARTS) is 1. The van der Waals surface area contributed by atoms with Crippen molar-refractivity contribution < 1.29 is 14.6 Å². The first-order valence-corrected chi connectivity index (χ1v) is 6.53. The van der Waals surface area contributed by atoms with Gasteiger partial charge in [0.15, 0.2) is 0 Å². The Morgan fingerprint density at radius 3 is 2.86 bits per heavy atom. The fourth-order valence-electron chi connectivity index (χ4n) is 1.83. The van der Waals surface area contributed by atoms with Crippen molar-refractivity contribution in [3.63, 3.8) is 0 Å². The monoisotopic (exact) mass is 307 g/mol. The summed E-state index contributed by atoms with van der Waals surface area (Å²) in [6.45, 7) is 1.99. The van der Waals surface area contributed by atoms with E-state index >= 15 is 0 Å². The number of hydrogen-bond donors (Lipinski definition) is 2. The van der Waals surface area contributed by atoms with E-state index in [2.05, 4.69) is 15.3 Å². The zero-order valence-electron chi connectivity index (χ0n) is 11.6. The van der Waals surface area contributed by atoms with Crippen molar-refractivity contribution in [2.45, 2.75) is 13.5 Å². The van der Waals surface area contributed by atoms with Crippen molar-refractivity contribution in [1.29, 1.82) is 0 Å². The molecule has 1 aromatic carbocycles. The van der Waals surface area contributed by atoms with Crippen LogP contribution >= 0.6 is 11.6 Å². The van der Waals surface area contributed by atoms with Crippen LogP contribution in [0.2, 0.25) is 5.02 Å². The number of benzene rings is 1. The van der Waals surface area contributed by atoms with Gasteiger partial charge in [0.2, 0.25) is 5.95 Å². The molecule has 0 radical (unpaired) electrons. The number of carbonyl (C=O) groups is 1. The second kappa shape index (κ2) is 6.41. The van der Waals surface area contributed by atoms with Gasteiger partial charge in [0, 0.05) is 23.3 Å². The maximum absolute atomic E-state index is 10.9. The predicted molar refractivity (Wildman–Crippen MR) is 79.1 cm³/mol. The number of nitrogens with zero attached hydrogens (tertiary/aromatic N) is 2. The van der Waals surface area contributed by atoms with Gasteiger partial charge in [0.05, 0.1) is 18.4 Å². The van der Waals surface area contributed by atoms with Crippen molar-refractivity contribution in [3.05, 3.63) is 46.2 Å². The van der Waals surface area contributed by atoms with Gasteiger partial charge < -0.3 is 15.2 Å². The van der Waals surface area contributed by atoms with E-state index in [1.807, 2.05) is 6.07 Å². The maximum atomic E-state index is 10.9. The number of aromatic carboxylic acids is 1. The van der Waals surface area contributed by atoms with Crippen LogP contribution in [-0.2, 0) is 6.54 Å². The number of nitrogens with one attached hydrogen (secondary N) is 1. The Morgan fingerprint density at radius 2 is 2.24 bits per heavy atom. The van der Waals surface area contributed by atoms with Crippen LogP contribution < -0.4 is 10.1 Å². The lowest BCUT2D eigenvalue weighted by Crippen LogP contribution is -2.09. The largest absolute Gasteiger partial charge is 0.496 e. The summed E-state index contributed by atoms with van der Waals surface area (Å²) in [5.41, 5.74) is 1.26. The van der Waals surface area contributed by atoms with Gasteiger partial charge in [-0.25, -0.2) is 14.8 Å². The number of halogens is 1. The number of ether oxygens (including phenoxy) is 1. The van der Waals surface area contributed by atoms with Crippen LogP contribution in [0.4, 0.5) is 5.95 Å². The van der Waals surface area contributed by atoms with Crippen LogP contribution in [0, 0.1) is 6.92 Å². The molecule has 6 nitrogen and oxygen atoms in total. The average molecular weight is 308 g/mol. The standard InChI is InChI=1S/C14H14ClN3O3/c1-8-9(13(19)20)6-16-14(18-8)17-7-10-11(15)4-3-5-12(10)21-2/h3-6H,7H2,1-2H3,(H,19,20)(H,16,17,18). The number of rotatable bonds is 5. The molecule has 0 aliphatic heterocycles. The van der Waals surface area contributed by atoms with E-state index in [9.17, 15) is 4.79 Å². The predicted octanol–water partition coefficient (Wildman–Crippen LogP) is 2.76. The molecule has 110 valence electrons. The van der Waals surface area contributed by atoms with Crippen LogP contribution in [0.1, 0.15) is 21.6 Å². The zero-order valence-corrected chi connectivity index (χ0v) is 12.3. The molecule has 2 rings (SSSR count). The molecule has 7 heteroatoms. The number of aryl methyl sites for hydroxylation is 1. The highest BCUT2D eigenvalue weighted by molar-refractivity contribution is 6.31. The molecular formula is C14H14ClN3O3. The lowest BCUT2D eigenvalue weighted by Gasteiger charge is -2.11. The van der Waals surface area contributed by atoms with Gasteiger partial charge in [-0.15, -0.1) is 0 Å². The molecule has 0 aliphatic rings. The van der Waals surface area contributed by atoms with Crippen LogP contribution in [0.15, 0.2) is 24.4 Å². The molecule has 0 saturated heterocycles. The van der Waals surface area contributed by atoms with Gasteiger partial charge in [0.25, 0.3) is 0 Å². The third kappa shape index (κ3) is 3.41. The van der Waals surface area contributed by atoms with Crippen LogP contribution in [0.25, 0.3) is 0 Å². The van der Waals surface area contributed by atoms with E-state index in [0.717, 1.165) is 5.56 Å². The summed E-state index contributed by atoms with van der Waals surface area (Å²) >= 11 is 6.13. The highest BCUT2D eigenvalue weighted by Crippen LogP contribution is 2.26. The molecule has 2 N–H and O–H groups in total. The van der Waals surface area contributed by atoms with Crippen molar-refractivity contribution in [2.75, 3.05) is 12.4 Å². The van der Waals surface area contributed by atoms with E-state index in [0.29, 0.717) is 29.0 Å². The van der Waals surface area contributed by atoms with Crippen LogP contribution in [0.5, 0.6) is 5.75 Å². The molecule has 0 spiro atoms. The summed E-state index contributed by atoms with van der Waals surface area (Å²) in [4.78, 5) is 19.0. The molecule has 0 saturated carbocycles. The third-order valence-corrected chi connectivity index (χ3v) is 3.28. The second-order valence-electron chi connectivity index (χ2n) is 4.27. The number of aromatic nitrogens is 2. The molecule has 0 bridgehead atoms. The SMILES string of the molecule is COc1cccc(Cl)c1CNc1ncc(C(=O)O)c(C)n1. The Morgan fingerprint density at radius 1 is 1.48 bits per heavy atom. The number of carboxylic acids is 1. The number of hydrogen-bond acceptors (Lipinski definition) is 5. The van der Waals surface area contributed by atoms with Gasteiger partial charge in [0.1, 0.15) is 5.75 Å². The Balaban J connectivity index is 2.17. The van der Waals surface area contributed by atoms with Gasteiger partial charge in [-0.3, -0.25) is 0 Å². The summed E-state index contributed by atoms with van der Waals surface area (Å²) in [7, 11) is 1.57. The Bertz CT molecular complexity index is 677. The molecular weight excluding hydrogens is 294 g/mol. The summed E-state index contributed by atoms with van der Waals surface area (Å²) in [5, 5.41) is 12.5.